The molecule has 4 rings (SSSR count). The SMILES string of the molecule is C[C@H](Oc1c(Br)c(C2CC2)cc2c(=O)[nH]c(OCC(C)(C)CN(C)C)nc12)c1ccccc1. The van der Waals surface area contributed by atoms with Crippen molar-refractivity contribution in [2.75, 3.05) is 27.2 Å². The number of fused-ring (bicyclic) bond motifs is 1. The van der Waals surface area contributed by atoms with Crippen molar-refractivity contribution < 1.29 is 9.47 Å². The van der Waals surface area contributed by atoms with E-state index in [9.17, 15) is 4.79 Å². The fourth-order valence-electron chi connectivity index (χ4n) is 4.22. The highest BCUT2D eigenvalue weighted by Gasteiger charge is 2.30. The number of halogens is 1. The fraction of sp³-hybridized carbons (Fsp3) is 0.462. The quantitative estimate of drug-likeness (QED) is 0.399. The van der Waals surface area contributed by atoms with Gasteiger partial charge < -0.3 is 14.4 Å². The molecule has 1 atom stereocenters. The Kier molecular flexibility index (Phi) is 6.82. The van der Waals surface area contributed by atoms with Crippen molar-refractivity contribution in [3.63, 3.8) is 0 Å². The maximum Gasteiger partial charge on any atom is 0.297 e. The van der Waals surface area contributed by atoms with Crippen molar-refractivity contribution in [2.24, 2.45) is 5.41 Å². The van der Waals surface area contributed by atoms with E-state index in [0.29, 0.717) is 29.2 Å². The Balaban J connectivity index is 1.73. The first kappa shape index (κ1) is 23.8. The molecule has 0 radical (unpaired) electrons. The summed E-state index contributed by atoms with van der Waals surface area (Å²) in [5, 5.41) is 0.523. The number of hydrogen-bond acceptors (Lipinski definition) is 5. The third-order valence-corrected chi connectivity index (χ3v) is 6.64. The average molecular weight is 514 g/mol. The van der Waals surface area contributed by atoms with Gasteiger partial charge in [0.15, 0.2) is 5.75 Å². The van der Waals surface area contributed by atoms with Crippen LogP contribution in [0.2, 0.25) is 0 Å². The summed E-state index contributed by atoms with van der Waals surface area (Å²) in [5.74, 6) is 1.04. The van der Waals surface area contributed by atoms with Gasteiger partial charge in [0, 0.05) is 12.0 Å². The molecule has 1 N–H and O–H groups in total. The van der Waals surface area contributed by atoms with E-state index < -0.39 is 0 Å². The van der Waals surface area contributed by atoms with E-state index in [1.807, 2.05) is 57.4 Å². The maximum absolute atomic E-state index is 13.1. The van der Waals surface area contributed by atoms with Gasteiger partial charge in [-0.25, -0.2) is 0 Å². The van der Waals surface area contributed by atoms with Gasteiger partial charge in [0.25, 0.3) is 11.6 Å². The van der Waals surface area contributed by atoms with Gasteiger partial charge in [-0.05, 0) is 72.9 Å². The second-order valence-electron chi connectivity index (χ2n) is 10.0. The van der Waals surface area contributed by atoms with Crippen LogP contribution in [0.15, 0.2) is 45.7 Å². The molecule has 6 nitrogen and oxygen atoms in total. The molecule has 1 fully saturated rings. The van der Waals surface area contributed by atoms with Gasteiger partial charge in [-0.15, -0.1) is 0 Å². The van der Waals surface area contributed by atoms with Crippen molar-refractivity contribution in [2.45, 2.75) is 45.6 Å². The highest BCUT2D eigenvalue weighted by atomic mass is 79.9. The molecule has 1 heterocycles. The van der Waals surface area contributed by atoms with E-state index in [1.165, 1.54) is 0 Å². The normalized spacial score (nSPS) is 15.1. The Morgan fingerprint density at radius 2 is 1.94 bits per heavy atom. The van der Waals surface area contributed by atoms with Crippen LogP contribution >= 0.6 is 15.9 Å². The number of nitrogens with zero attached hydrogens (tertiary/aromatic N) is 2. The molecule has 1 saturated carbocycles. The molecular weight excluding hydrogens is 482 g/mol. The minimum Gasteiger partial charge on any atom is -0.483 e. The largest absolute Gasteiger partial charge is 0.483 e. The molecule has 0 amide bonds. The van der Waals surface area contributed by atoms with Gasteiger partial charge in [0.05, 0.1) is 16.5 Å². The predicted molar refractivity (Wildman–Crippen MR) is 135 cm³/mol. The number of H-pyrrole nitrogens is 1. The molecule has 3 aromatic rings. The zero-order valence-corrected chi connectivity index (χ0v) is 21.5. The van der Waals surface area contributed by atoms with Crippen LogP contribution in [-0.4, -0.2) is 42.1 Å². The molecule has 176 valence electrons. The Morgan fingerprint density at radius 1 is 1.24 bits per heavy atom. The number of benzene rings is 2. The monoisotopic (exact) mass is 513 g/mol. The first-order valence-corrected chi connectivity index (χ1v) is 12.2. The molecule has 1 aliphatic rings. The summed E-state index contributed by atoms with van der Waals surface area (Å²) in [5.41, 5.74) is 2.35. The van der Waals surface area contributed by atoms with Gasteiger partial charge >= 0.3 is 0 Å². The molecule has 0 saturated heterocycles. The fourth-order valence-corrected chi connectivity index (χ4v) is 4.94. The van der Waals surface area contributed by atoms with E-state index in [0.717, 1.165) is 35.0 Å². The third-order valence-electron chi connectivity index (χ3n) is 5.83. The number of hydrogen-bond donors (Lipinski definition) is 1. The summed E-state index contributed by atoms with van der Waals surface area (Å²) in [7, 11) is 4.06. The smallest absolute Gasteiger partial charge is 0.297 e. The number of aromatic nitrogens is 2. The van der Waals surface area contributed by atoms with Crippen LogP contribution in [0, 0.1) is 5.41 Å². The Hall–Kier alpha value is -2.38. The second kappa shape index (κ2) is 9.47. The van der Waals surface area contributed by atoms with Gasteiger partial charge in [-0.1, -0.05) is 44.2 Å². The highest BCUT2D eigenvalue weighted by molar-refractivity contribution is 9.10. The van der Waals surface area contributed by atoms with E-state index >= 15 is 0 Å². The van der Waals surface area contributed by atoms with E-state index in [-0.39, 0.29) is 23.1 Å². The predicted octanol–water partition coefficient (Wildman–Crippen LogP) is 5.67. The molecule has 2 aromatic carbocycles. The standard InChI is InChI=1S/C26H32BrN3O3/c1-16(17-9-7-6-8-10-17)33-23-21(27)19(18-11-12-18)13-20-22(23)28-25(29-24(20)31)32-15-26(2,3)14-30(4)5/h6-10,13,16,18H,11-12,14-15H2,1-5H3,(H,28,29,31)/t16-/m0/s1. The summed E-state index contributed by atoms with van der Waals surface area (Å²) in [6.45, 7) is 7.54. The first-order valence-electron chi connectivity index (χ1n) is 11.4. The third kappa shape index (κ3) is 5.58. The van der Waals surface area contributed by atoms with Gasteiger partial charge in [0.1, 0.15) is 11.6 Å². The van der Waals surface area contributed by atoms with Gasteiger partial charge in [-0.2, -0.15) is 4.98 Å². The van der Waals surface area contributed by atoms with E-state index in [2.05, 4.69) is 39.7 Å². The van der Waals surface area contributed by atoms with Crippen LogP contribution in [0.3, 0.4) is 0 Å². The lowest BCUT2D eigenvalue weighted by Gasteiger charge is -2.27. The van der Waals surface area contributed by atoms with Crippen molar-refractivity contribution >= 4 is 26.8 Å². The molecule has 0 spiro atoms. The minimum atomic E-state index is -0.216. The Morgan fingerprint density at radius 3 is 2.58 bits per heavy atom. The van der Waals surface area contributed by atoms with E-state index in [1.54, 1.807) is 0 Å². The van der Waals surface area contributed by atoms with Crippen molar-refractivity contribution in [1.29, 1.82) is 0 Å². The van der Waals surface area contributed by atoms with Crippen LogP contribution in [0.4, 0.5) is 0 Å². The molecule has 0 bridgehead atoms. The number of aromatic amines is 1. The number of ether oxygens (including phenoxy) is 2. The van der Waals surface area contributed by atoms with E-state index in [4.69, 9.17) is 14.5 Å². The lowest BCUT2D eigenvalue weighted by atomic mass is 9.94. The topological polar surface area (TPSA) is 67.5 Å². The first-order chi connectivity index (χ1) is 15.6. The summed E-state index contributed by atoms with van der Waals surface area (Å²) in [6, 6.07) is 12.2. The number of nitrogens with one attached hydrogen (secondary N) is 1. The molecular formula is C26H32BrN3O3. The van der Waals surface area contributed by atoms with Crippen LogP contribution in [0.1, 0.15) is 56.8 Å². The second-order valence-corrected chi connectivity index (χ2v) is 10.8. The van der Waals surface area contributed by atoms with Crippen LogP contribution in [0.5, 0.6) is 11.8 Å². The summed E-state index contributed by atoms with van der Waals surface area (Å²) in [4.78, 5) is 22.7. The minimum absolute atomic E-state index is 0.103. The van der Waals surface area contributed by atoms with Gasteiger partial charge in [-0.3, -0.25) is 9.78 Å². The Bertz CT molecular complexity index is 1190. The zero-order valence-electron chi connectivity index (χ0n) is 19.9. The average Bonchev–Trinajstić information content (AvgIpc) is 3.59. The van der Waals surface area contributed by atoms with Crippen LogP contribution in [-0.2, 0) is 0 Å². The summed E-state index contributed by atoms with van der Waals surface area (Å²) >= 11 is 3.77. The lowest BCUT2D eigenvalue weighted by Crippen LogP contribution is -2.34. The molecule has 1 aromatic heterocycles. The Labute approximate surface area is 203 Å². The molecule has 0 aliphatic heterocycles. The van der Waals surface area contributed by atoms with Crippen molar-refractivity contribution in [3.05, 3.63) is 62.4 Å². The summed E-state index contributed by atoms with van der Waals surface area (Å²) in [6.07, 6.45) is 2.03. The van der Waals surface area contributed by atoms with Crippen molar-refractivity contribution in [1.82, 2.24) is 14.9 Å². The van der Waals surface area contributed by atoms with Crippen LogP contribution in [0.25, 0.3) is 10.9 Å². The number of rotatable bonds is 9. The highest BCUT2D eigenvalue weighted by Crippen LogP contribution is 2.48. The molecule has 1 aliphatic carbocycles. The molecule has 7 heteroatoms. The maximum atomic E-state index is 13.1. The molecule has 33 heavy (non-hydrogen) atoms. The molecule has 0 unspecified atom stereocenters. The summed E-state index contributed by atoms with van der Waals surface area (Å²) < 4.78 is 13.3. The van der Waals surface area contributed by atoms with Gasteiger partial charge in [0.2, 0.25) is 0 Å². The lowest BCUT2D eigenvalue weighted by molar-refractivity contribution is 0.133. The zero-order chi connectivity index (χ0) is 23.8. The van der Waals surface area contributed by atoms with Crippen molar-refractivity contribution in [3.8, 4) is 11.8 Å². The van der Waals surface area contributed by atoms with Crippen LogP contribution < -0.4 is 15.0 Å².